The highest BCUT2D eigenvalue weighted by Gasteiger charge is 2.32. The molecule has 1 aliphatic rings. The van der Waals surface area contributed by atoms with E-state index in [9.17, 15) is 0 Å². The Morgan fingerprint density at radius 1 is 1.35 bits per heavy atom. The summed E-state index contributed by atoms with van der Waals surface area (Å²) >= 11 is 3.55. The number of halogens is 1. The van der Waals surface area contributed by atoms with Crippen molar-refractivity contribution >= 4 is 15.9 Å². The maximum absolute atomic E-state index is 6.05. The van der Waals surface area contributed by atoms with E-state index in [4.69, 9.17) is 9.15 Å². The lowest BCUT2D eigenvalue weighted by atomic mass is 9.92. The third-order valence-corrected chi connectivity index (χ3v) is 4.34. The van der Waals surface area contributed by atoms with E-state index in [-0.39, 0.29) is 12.1 Å². The molecule has 2 unspecified atom stereocenters. The molecule has 2 heterocycles. The first-order chi connectivity index (χ1) is 9.81. The normalized spacial score (nSPS) is 19.6. The highest BCUT2D eigenvalue weighted by molar-refractivity contribution is 9.10. The summed E-state index contributed by atoms with van der Waals surface area (Å²) < 4.78 is 12.7. The van der Waals surface area contributed by atoms with Gasteiger partial charge in [-0.3, -0.25) is 0 Å². The Kier molecular flexibility index (Phi) is 4.24. The topological polar surface area (TPSA) is 34.4 Å². The van der Waals surface area contributed by atoms with Crippen LogP contribution in [0.5, 0.6) is 0 Å². The van der Waals surface area contributed by atoms with Gasteiger partial charge < -0.3 is 14.5 Å². The summed E-state index contributed by atoms with van der Waals surface area (Å²) in [6, 6.07) is 10.4. The number of rotatable bonds is 4. The van der Waals surface area contributed by atoms with Gasteiger partial charge in [0, 0.05) is 0 Å². The van der Waals surface area contributed by atoms with Crippen molar-refractivity contribution in [3.05, 3.63) is 58.0 Å². The molecule has 3 nitrogen and oxygen atoms in total. The number of benzene rings is 1. The predicted molar refractivity (Wildman–Crippen MR) is 81.7 cm³/mol. The molecule has 2 aromatic rings. The second-order valence-corrected chi connectivity index (χ2v) is 5.76. The zero-order valence-corrected chi connectivity index (χ0v) is 13.0. The molecule has 0 fully saturated rings. The number of likely N-dealkylation sites (N-methyl/N-ethyl adjacent to an activating group) is 1. The molecule has 1 aromatic carbocycles. The zero-order chi connectivity index (χ0) is 13.9. The highest BCUT2D eigenvalue weighted by Crippen LogP contribution is 2.39. The van der Waals surface area contributed by atoms with Crippen LogP contribution in [0, 0.1) is 0 Å². The molecule has 0 saturated carbocycles. The Bertz CT molecular complexity index is 581. The standard InChI is InChI=1S/C16H18BrNO2/c1-2-18-14(16-13(17)8-10-20-16)15-12-6-4-3-5-11(12)7-9-19-15/h3-6,8,10,14-15,18H,2,7,9H2,1H3. The Balaban J connectivity index is 1.99. The summed E-state index contributed by atoms with van der Waals surface area (Å²) in [6.45, 7) is 3.71. The van der Waals surface area contributed by atoms with Crippen LogP contribution in [0.25, 0.3) is 0 Å². The van der Waals surface area contributed by atoms with Crippen LogP contribution in [0.2, 0.25) is 0 Å². The van der Waals surface area contributed by atoms with Crippen molar-refractivity contribution in [2.24, 2.45) is 0 Å². The average molecular weight is 336 g/mol. The summed E-state index contributed by atoms with van der Waals surface area (Å²) in [5.41, 5.74) is 2.63. The first-order valence-electron chi connectivity index (χ1n) is 6.97. The summed E-state index contributed by atoms with van der Waals surface area (Å²) in [4.78, 5) is 0. The van der Waals surface area contributed by atoms with E-state index in [2.05, 4.69) is 52.4 Å². The van der Waals surface area contributed by atoms with E-state index >= 15 is 0 Å². The maximum Gasteiger partial charge on any atom is 0.137 e. The van der Waals surface area contributed by atoms with E-state index in [0.29, 0.717) is 0 Å². The van der Waals surface area contributed by atoms with Gasteiger partial charge in [0.1, 0.15) is 11.9 Å². The number of fused-ring (bicyclic) bond motifs is 1. The number of hydrogen-bond donors (Lipinski definition) is 1. The highest BCUT2D eigenvalue weighted by atomic mass is 79.9. The molecule has 1 aliphatic heterocycles. The van der Waals surface area contributed by atoms with E-state index in [1.807, 2.05) is 6.07 Å². The molecule has 106 valence electrons. The smallest absolute Gasteiger partial charge is 0.137 e. The van der Waals surface area contributed by atoms with Crippen LogP contribution < -0.4 is 5.32 Å². The minimum absolute atomic E-state index is 0.0117. The van der Waals surface area contributed by atoms with Crippen molar-refractivity contribution in [1.82, 2.24) is 5.32 Å². The Labute approximate surface area is 127 Å². The minimum Gasteiger partial charge on any atom is -0.466 e. The lowest BCUT2D eigenvalue weighted by molar-refractivity contribution is 0.00974. The second-order valence-electron chi connectivity index (χ2n) is 4.91. The van der Waals surface area contributed by atoms with E-state index in [1.165, 1.54) is 11.1 Å². The molecule has 3 rings (SSSR count). The molecule has 1 N–H and O–H groups in total. The summed E-state index contributed by atoms with van der Waals surface area (Å²) in [5.74, 6) is 0.897. The van der Waals surface area contributed by atoms with Crippen LogP contribution in [-0.2, 0) is 11.2 Å². The molecule has 1 aromatic heterocycles. The third kappa shape index (κ3) is 2.55. The fourth-order valence-electron chi connectivity index (χ4n) is 2.79. The van der Waals surface area contributed by atoms with Crippen LogP contribution in [0.15, 0.2) is 45.5 Å². The van der Waals surface area contributed by atoms with E-state index < -0.39 is 0 Å². The van der Waals surface area contributed by atoms with Crippen molar-refractivity contribution in [1.29, 1.82) is 0 Å². The molecule has 2 atom stereocenters. The summed E-state index contributed by atoms with van der Waals surface area (Å²) in [5, 5.41) is 3.49. The van der Waals surface area contributed by atoms with Crippen molar-refractivity contribution in [3.8, 4) is 0 Å². The monoisotopic (exact) mass is 335 g/mol. The van der Waals surface area contributed by atoms with Gasteiger partial charge in [-0.1, -0.05) is 31.2 Å². The Morgan fingerprint density at radius 3 is 2.95 bits per heavy atom. The second kappa shape index (κ2) is 6.12. The molecular weight excluding hydrogens is 318 g/mol. The van der Waals surface area contributed by atoms with Gasteiger partial charge in [0.2, 0.25) is 0 Å². The molecule has 0 radical (unpaired) electrons. The van der Waals surface area contributed by atoms with Crippen molar-refractivity contribution in [3.63, 3.8) is 0 Å². The van der Waals surface area contributed by atoms with Gasteiger partial charge in [0.15, 0.2) is 0 Å². The SMILES string of the molecule is CCNC(c1occc1Br)C1OCCc2ccccc21. The lowest BCUT2D eigenvalue weighted by Gasteiger charge is -2.32. The van der Waals surface area contributed by atoms with Gasteiger partial charge >= 0.3 is 0 Å². The van der Waals surface area contributed by atoms with Crippen LogP contribution in [0.1, 0.15) is 36.0 Å². The molecule has 20 heavy (non-hydrogen) atoms. The van der Waals surface area contributed by atoms with Gasteiger partial charge in [-0.2, -0.15) is 0 Å². The quantitative estimate of drug-likeness (QED) is 0.916. The molecule has 4 heteroatoms. The largest absolute Gasteiger partial charge is 0.466 e. The minimum atomic E-state index is -0.0117. The van der Waals surface area contributed by atoms with Crippen molar-refractivity contribution in [2.75, 3.05) is 13.2 Å². The van der Waals surface area contributed by atoms with E-state index in [1.54, 1.807) is 6.26 Å². The molecule has 0 bridgehead atoms. The fourth-order valence-corrected chi connectivity index (χ4v) is 3.23. The molecule has 0 spiro atoms. The molecule has 0 amide bonds. The van der Waals surface area contributed by atoms with Crippen LogP contribution in [-0.4, -0.2) is 13.2 Å². The Hall–Kier alpha value is -1.10. The number of ether oxygens (including phenoxy) is 1. The molecule has 0 aliphatic carbocycles. The van der Waals surface area contributed by atoms with Crippen molar-refractivity contribution in [2.45, 2.75) is 25.5 Å². The third-order valence-electron chi connectivity index (χ3n) is 3.68. The fraction of sp³-hybridized carbons (Fsp3) is 0.375. The van der Waals surface area contributed by atoms with Gasteiger partial charge in [-0.15, -0.1) is 0 Å². The average Bonchev–Trinajstić information content (AvgIpc) is 2.90. The number of nitrogens with one attached hydrogen (secondary N) is 1. The van der Waals surface area contributed by atoms with Gasteiger partial charge in [0.25, 0.3) is 0 Å². The van der Waals surface area contributed by atoms with Gasteiger partial charge in [0.05, 0.1) is 23.4 Å². The number of hydrogen-bond acceptors (Lipinski definition) is 3. The molecular formula is C16H18BrNO2. The van der Waals surface area contributed by atoms with Gasteiger partial charge in [-0.05, 0) is 46.1 Å². The summed E-state index contributed by atoms with van der Waals surface area (Å²) in [6.07, 6.45) is 2.67. The van der Waals surface area contributed by atoms with E-state index in [0.717, 1.165) is 29.8 Å². The first kappa shape index (κ1) is 13.9. The van der Waals surface area contributed by atoms with Crippen LogP contribution in [0.4, 0.5) is 0 Å². The maximum atomic E-state index is 6.05. The van der Waals surface area contributed by atoms with Crippen LogP contribution >= 0.6 is 15.9 Å². The Morgan fingerprint density at radius 2 is 2.20 bits per heavy atom. The van der Waals surface area contributed by atoms with Crippen LogP contribution in [0.3, 0.4) is 0 Å². The summed E-state index contributed by atoms with van der Waals surface area (Å²) in [7, 11) is 0. The first-order valence-corrected chi connectivity index (χ1v) is 7.76. The number of furan rings is 1. The van der Waals surface area contributed by atoms with Crippen molar-refractivity contribution < 1.29 is 9.15 Å². The zero-order valence-electron chi connectivity index (χ0n) is 11.4. The molecule has 0 saturated heterocycles. The van der Waals surface area contributed by atoms with Gasteiger partial charge in [-0.25, -0.2) is 0 Å². The predicted octanol–water partition coefficient (Wildman–Crippen LogP) is 4.01. The lowest BCUT2D eigenvalue weighted by Crippen LogP contribution is -2.31.